The molecule has 0 aliphatic rings. The van der Waals surface area contributed by atoms with E-state index in [-0.39, 0.29) is 0 Å². The van der Waals surface area contributed by atoms with Crippen LogP contribution in [0.5, 0.6) is 0 Å². The first-order valence-corrected chi connectivity index (χ1v) is 8.51. The van der Waals surface area contributed by atoms with E-state index in [0.717, 1.165) is 29.0 Å². The van der Waals surface area contributed by atoms with Gasteiger partial charge in [-0.2, -0.15) is 5.26 Å². The average Bonchev–Trinajstić information content (AvgIpc) is 3.06. The summed E-state index contributed by atoms with van der Waals surface area (Å²) in [4.78, 5) is 4.49. The summed E-state index contributed by atoms with van der Waals surface area (Å²) < 4.78 is 1.99. The fraction of sp³-hybridized carbons (Fsp3) is 0.0909. The average molecular weight is 338 g/mol. The fourth-order valence-corrected chi connectivity index (χ4v) is 3.13. The second-order valence-corrected chi connectivity index (χ2v) is 6.26. The number of pyridine rings is 1. The lowest BCUT2D eigenvalue weighted by molar-refractivity contribution is 1.07. The summed E-state index contributed by atoms with van der Waals surface area (Å²) in [6.07, 6.45) is 3.61. The highest BCUT2D eigenvalue weighted by molar-refractivity contribution is 5.86. The van der Waals surface area contributed by atoms with Gasteiger partial charge in [-0.05, 0) is 42.3 Å². The van der Waals surface area contributed by atoms with E-state index in [4.69, 9.17) is 0 Å². The zero-order valence-corrected chi connectivity index (χ0v) is 14.5. The van der Waals surface area contributed by atoms with E-state index in [1.165, 1.54) is 11.1 Å². The molecule has 0 spiro atoms. The molecular formula is C22H18N4. The number of hydrogen-bond donors (Lipinski definition) is 1. The largest absolute Gasteiger partial charge is 0.379 e. The van der Waals surface area contributed by atoms with Gasteiger partial charge in [0.2, 0.25) is 0 Å². The van der Waals surface area contributed by atoms with Gasteiger partial charge in [-0.3, -0.25) is 4.57 Å². The Bertz CT molecular complexity index is 1100. The zero-order chi connectivity index (χ0) is 17.9. The van der Waals surface area contributed by atoms with Crippen LogP contribution in [0.4, 0.5) is 5.69 Å². The molecule has 1 N–H and O–H groups in total. The molecule has 2 aromatic heterocycles. The third-order valence-corrected chi connectivity index (χ3v) is 4.42. The Balaban J connectivity index is 1.79. The van der Waals surface area contributed by atoms with Crippen molar-refractivity contribution in [3.63, 3.8) is 0 Å². The topological polar surface area (TPSA) is 53.6 Å². The van der Waals surface area contributed by atoms with Crippen molar-refractivity contribution < 1.29 is 0 Å². The molecular weight excluding hydrogens is 320 g/mol. The molecule has 4 heteroatoms. The Labute approximate surface area is 152 Å². The van der Waals surface area contributed by atoms with Crippen molar-refractivity contribution in [2.75, 3.05) is 5.32 Å². The standard InChI is InChI=1S/C22H18N4/c1-16-9-10-21(20(12-16)25-14-17-6-3-2-4-7-17)26-15-18(13-23)19-8-5-11-24-22(19)26/h2-12,15,25H,14H2,1H3. The Hall–Kier alpha value is -3.58. The maximum atomic E-state index is 9.45. The van der Waals surface area contributed by atoms with Crippen LogP contribution in [0.1, 0.15) is 16.7 Å². The van der Waals surface area contributed by atoms with Gasteiger partial charge in [-0.1, -0.05) is 36.4 Å². The quantitative estimate of drug-likeness (QED) is 0.580. The first-order valence-electron chi connectivity index (χ1n) is 8.51. The SMILES string of the molecule is Cc1ccc(-n2cc(C#N)c3cccnc32)c(NCc2ccccc2)c1. The zero-order valence-electron chi connectivity index (χ0n) is 14.5. The number of hydrogen-bond acceptors (Lipinski definition) is 3. The van der Waals surface area contributed by atoms with E-state index >= 15 is 0 Å². The Kier molecular flexibility index (Phi) is 4.12. The second-order valence-electron chi connectivity index (χ2n) is 6.26. The van der Waals surface area contributed by atoms with Crippen molar-refractivity contribution in [3.05, 3.63) is 89.7 Å². The molecule has 2 aromatic carbocycles. The van der Waals surface area contributed by atoms with Gasteiger partial charge < -0.3 is 5.32 Å². The number of nitrogens with one attached hydrogen (secondary N) is 1. The van der Waals surface area contributed by atoms with E-state index in [2.05, 4.69) is 53.6 Å². The molecule has 2 heterocycles. The minimum atomic E-state index is 0.627. The maximum Gasteiger partial charge on any atom is 0.145 e. The molecule has 0 saturated carbocycles. The van der Waals surface area contributed by atoms with Gasteiger partial charge in [0.1, 0.15) is 11.7 Å². The number of fused-ring (bicyclic) bond motifs is 1. The molecule has 0 unspecified atom stereocenters. The van der Waals surface area contributed by atoms with Crippen molar-refractivity contribution in [1.82, 2.24) is 9.55 Å². The van der Waals surface area contributed by atoms with Gasteiger partial charge in [0.25, 0.3) is 0 Å². The van der Waals surface area contributed by atoms with Crippen LogP contribution in [0.15, 0.2) is 73.1 Å². The summed E-state index contributed by atoms with van der Waals surface area (Å²) in [5, 5.41) is 13.8. The predicted molar refractivity (Wildman–Crippen MR) is 104 cm³/mol. The van der Waals surface area contributed by atoms with Crippen molar-refractivity contribution in [3.8, 4) is 11.8 Å². The van der Waals surface area contributed by atoms with Crippen molar-refractivity contribution in [2.45, 2.75) is 13.5 Å². The molecule has 0 amide bonds. The van der Waals surface area contributed by atoms with Gasteiger partial charge in [0, 0.05) is 24.3 Å². The van der Waals surface area contributed by atoms with Crippen LogP contribution in [0.3, 0.4) is 0 Å². The normalized spacial score (nSPS) is 10.6. The summed E-state index contributed by atoms with van der Waals surface area (Å²) in [7, 11) is 0. The second kappa shape index (κ2) is 6.73. The molecule has 0 bridgehead atoms. The number of anilines is 1. The molecule has 0 fully saturated rings. The fourth-order valence-electron chi connectivity index (χ4n) is 3.13. The van der Waals surface area contributed by atoms with E-state index < -0.39 is 0 Å². The van der Waals surface area contributed by atoms with E-state index in [1.807, 2.05) is 41.1 Å². The smallest absolute Gasteiger partial charge is 0.145 e. The molecule has 26 heavy (non-hydrogen) atoms. The first kappa shape index (κ1) is 15.9. The predicted octanol–water partition coefficient (Wildman–Crippen LogP) is 4.82. The highest BCUT2D eigenvalue weighted by Gasteiger charge is 2.13. The molecule has 0 radical (unpaired) electrons. The summed E-state index contributed by atoms with van der Waals surface area (Å²) in [5.74, 6) is 0. The minimum Gasteiger partial charge on any atom is -0.379 e. The number of aromatic nitrogens is 2. The number of benzene rings is 2. The van der Waals surface area contributed by atoms with Gasteiger partial charge in [-0.25, -0.2) is 4.98 Å². The van der Waals surface area contributed by atoms with Crippen LogP contribution in [-0.4, -0.2) is 9.55 Å². The number of aryl methyl sites for hydroxylation is 1. The molecule has 0 atom stereocenters. The molecule has 4 rings (SSSR count). The molecule has 126 valence electrons. The maximum absolute atomic E-state index is 9.45. The van der Waals surface area contributed by atoms with E-state index in [1.54, 1.807) is 6.20 Å². The van der Waals surface area contributed by atoms with Crippen LogP contribution in [-0.2, 0) is 6.54 Å². The molecule has 4 nitrogen and oxygen atoms in total. The van der Waals surface area contributed by atoms with Crippen LogP contribution in [0.25, 0.3) is 16.7 Å². The van der Waals surface area contributed by atoms with Crippen molar-refractivity contribution in [2.24, 2.45) is 0 Å². The van der Waals surface area contributed by atoms with Crippen LogP contribution in [0, 0.1) is 18.3 Å². The van der Waals surface area contributed by atoms with Crippen molar-refractivity contribution in [1.29, 1.82) is 5.26 Å². The molecule has 0 aliphatic carbocycles. The number of rotatable bonds is 4. The highest BCUT2D eigenvalue weighted by Crippen LogP contribution is 2.28. The molecule has 4 aromatic rings. The first-order chi connectivity index (χ1) is 12.8. The lowest BCUT2D eigenvalue weighted by Gasteiger charge is -2.15. The summed E-state index contributed by atoms with van der Waals surface area (Å²) in [5.41, 5.74) is 5.80. The number of nitrogens with zero attached hydrogens (tertiary/aromatic N) is 3. The van der Waals surface area contributed by atoms with Gasteiger partial charge in [0.05, 0.1) is 16.9 Å². The van der Waals surface area contributed by atoms with Gasteiger partial charge in [0.15, 0.2) is 0 Å². The van der Waals surface area contributed by atoms with Crippen LogP contribution in [0.2, 0.25) is 0 Å². The number of nitriles is 1. The van der Waals surface area contributed by atoms with Gasteiger partial charge in [-0.15, -0.1) is 0 Å². The highest BCUT2D eigenvalue weighted by atomic mass is 15.1. The third kappa shape index (κ3) is 2.91. The van der Waals surface area contributed by atoms with Crippen LogP contribution < -0.4 is 5.32 Å². The molecule has 0 saturated heterocycles. The summed E-state index contributed by atoms with van der Waals surface area (Å²) in [6.45, 7) is 2.80. The van der Waals surface area contributed by atoms with E-state index in [9.17, 15) is 5.26 Å². The Morgan fingerprint density at radius 2 is 1.92 bits per heavy atom. The monoisotopic (exact) mass is 338 g/mol. The minimum absolute atomic E-state index is 0.627. The van der Waals surface area contributed by atoms with Crippen LogP contribution >= 0.6 is 0 Å². The third-order valence-electron chi connectivity index (χ3n) is 4.42. The lowest BCUT2D eigenvalue weighted by atomic mass is 10.1. The summed E-state index contributed by atoms with van der Waals surface area (Å²) in [6, 6.07) is 22.6. The Morgan fingerprint density at radius 1 is 1.08 bits per heavy atom. The summed E-state index contributed by atoms with van der Waals surface area (Å²) >= 11 is 0. The Morgan fingerprint density at radius 3 is 2.73 bits per heavy atom. The lowest BCUT2D eigenvalue weighted by Crippen LogP contribution is -2.05. The van der Waals surface area contributed by atoms with Crippen molar-refractivity contribution >= 4 is 16.7 Å². The van der Waals surface area contributed by atoms with Gasteiger partial charge >= 0.3 is 0 Å². The molecule has 0 aliphatic heterocycles. The van der Waals surface area contributed by atoms with E-state index in [0.29, 0.717) is 5.56 Å².